The molecule has 0 radical (unpaired) electrons. The number of nitrogens with zero attached hydrogens (tertiary/aromatic N) is 6. The summed E-state index contributed by atoms with van der Waals surface area (Å²) >= 11 is 1.56. The standard InChI is InChI=1S/C28H29FN8O2S/c1-17(38)36-10-12-37(13-11-36)26(39)19-7-9-24(30-15-19)34-27-31-16-21(29)25(35-27)18-6-8-22-23(14-18)40-28(33-22)32-20-4-2-3-5-20/h6-9,14-16,20H,2-5,10-13H2,1H3,(H,32,33)(H,30,31,34,35). The van der Waals surface area contributed by atoms with Gasteiger partial charge in [0.05, 0.1) is 22.0 Å². The molecule has 40 heavy (non-hydrogen) atoms. The number of carbonyl (C=O) groups excluding carboxylic acids is 2. The number of rotatable bonds is 6. The Morgan fingerprint density at radius 1 is 0.975 bits per heavy atom. The van der Waals surface area contributed by atoms with Gasteiger partial charge in [-0.25, -0.2) is 24.3 Å². The van der Waals surface area contributed by atoms with Crippen LogP contribution >= 0.6 is 11.3 Å². The number of hydrogen-bond donors (Lipinski definition) is 2. The van der Waals surface area contributed by atoms with Crippen LogP contribution in [0.25, 0.3) is 21.5 Å². The molecule has 1 saturated heterocycles. The van der Waals surface area contributed by atoms with E-state index in [4.69, 9.17) is 0 Å². The Balaban J connectivity index is 1.14. The highest BCUT2D eigenvalue weighted by atomic mass is 32.1. The van der Waals surface area contributed by atoms with Gasteiger partial charge in [0, 0.05) is 50.9 Å². The van der Waals surface area contributed by atoms with Gasteiger partial charge in [-0.3, -0.25) is 9.59 Å². The zero-order chi connectivity index (χ0) is 27.6. The quantitative estimate of drug-likeness (QED) is 0.349. The highest BCUT2D eigenvalue weighted by Gasteiger charge is 2.23. The number of hydrogen-bond acceptors (Lipinski definition) is 9. The monoisotopic (exact) mass is 560 g/mol. The first-order valence-corrected chi connectivity index (χ1v) is 14.2. The number of pyridine rings is 1. The molecule has 1 aliphatic carbocycles. The first-order valence-electron chi connectivity index (χ1n) is 13.4. The lowest BCUT2D eigenvalue weighted by molar-refractivity contribution is -0.130. The van der Waals surface area contributed by atoms with Crippen molar-refractivity contribution in [2.45, 2.75) is 38.6 Å². The first-order chi connectivity index (χ1) is 19.4. The zero-order valence-electron chi connectivity index (χ0n) is 22.1. The Kier molecular flexibility index (Phi) is 7.25. The van der Waals surface area contributed by atoms with Crippen molar-refractivity contribution in [3.8, 4) is 11.3 Å². The molecule has 0 atom stereocenters. The summed E-state index contributed by atoms with van der Waals surface area (Å²) in [5.41, 5.74) is 2.11. The SMILES string of the molecule is CC(=O)N1CCN(C(=O)c2ccc(Nc3ncc(F)c(-c4ccc5nc(NC6CCCC6)sc5c4)n3)nc2)CC1. The van der Waals surface area contributed by atoms with Crippen LogP contribution in [0.4, 0.5) is 21.3 Å². The topological polar surface area (TPSA) is 116 Å². The predicted octanol–water partition coefficient (Wildman–Crippen LogP) is 4.69. The second kappa shape index (κ2) is 11.1. The lowest BCUT2D eigenvalue weighted by Crippen LogP contribution is -2.50. The van der Waals surface area contributed by atoms with E-state index in [0.717, 1.165) is 34.4 Å². The molecule has 4 heterocycles. The average Bonchev–Trinajstić information content (AvgIpc) is 3.63. The van der Waals surface area contributed by atoms with Gasteiger partial charge in [0.1, 0.15) is 11.5 Å². The van der Waals surface area contributed by atoms with Gasteiger partial charge in [-0.1, -0.05) is 30.2 Å². The lowest BCUT2D eigenvalue weighted by Gasteiger charge is -2.34. The Bertz CT molecular complexity index is 1550. The molecule has 2 N–H and O–H groups in total. The lowest BCUT2D eigenvalue weighted by atomic mass is 10.1. The third kappa shape index (κ3) is 5.57. The zero-order valence-corrected chi connectivity index (χ0v) is 22.9. The molecule has 0 spiro atoms. The highest BCUT2D eigenvalue weighted by molar-refractivity contribution is 7.22. The molecule has 206 valence electrons. The second-order valence-corrected chi connectivity index (χ2v) is 11.1. The number of nitrogens with one attached hydrogen (secondary N) is 2. The molecular weight excluding hydrogens is 531 g/mol. The van der Waals surface area contributed by atoms with Crippen LogP contribution < -0.4 is 10.6 Å². The number of carbonyl (C=O) groups is 2. The van der Waals surface area contributed by atoms with Crippen LogP contribution in [0, 0.1) is 5.82 Å². The van der Waals surface area contributed by atoms with Crippen molar-refractivity contribution in [2.75, 3.05) is 36.8 Å². The summed E-state index contributed by atoms with van der Waals surface area (Å²) in [4.78, 5) is 45.3. The summed E-state index contributed by atoms with van der Waals surface area (Å²) in [6.07, 6.45) is 7.44. The summed E-state index contributed by atoms with van der Waals surface area (Å²) in [6.45, 7) is 3.54. The maximum absolute atomic E-state index is 14.8. The summed E-state index contributed by atoms with van der Waals surface area (Å²) in [6, 6.07) is 9.40. The van der Waals surface area contributed by atoms with Crippen LogP contribution in [0.3, 0.4) is 0 Å². The molecule has 0 unspecified atom stereocenters. The van der Waals surface area contributed by atoms with Crippen molar-refractivity contribution in [2.24, 2.45) is 0 Å². The molecule has 6 rings (SSSR count). The number of amides is 2. The van der Waals surface area contributed by atoms with Gasteiger partial charge < -0.3 is 20.4 Å². The fraction of sp³-hybridized carbons (Fsp3) is 0.357. The Labute approximate surface area is 234 Å². The third-order valence-electron chi connectivity index (χ3n) is 7.35. The van der Waals surface area contributed by atoms with Crippen LogP contribution in [-0.4, -0.2) is 73.8 Å². The average molecular weight is 561 g/mol. The van der Waals surface area contributed by atoms with Crippen molar-refractivity contribution in [1.82, 2.24) is 29.7 Å². The van der Waals surface area contributed by atoms with Crippen molar-refractivity contribution in [3.05, 3.63) is 54.1 Å². The van der Waals surface area contributed by atoms with Gasteiger partial charge in [-0.15, -0.1) is 0 Å². The predicted molar refractivity (Wildman–Crippen MR) is 152 cm³/mol. The molecular formula is C28H29FN8O2S. The summed E-state index contributed by atoms with van der Waals surface area (Å²) in [5.74, 6) is -0.0343. The normalized spacial score (nSPS) is 15.9. The van der Waals surface area contributed by atoms with E-state index < -0.39 is 5.82 Å². The van der Waals surface area contributed by atoms with E-state index in [0.29, 0.717) is 49.2 Å². The number of fused-ring (bicyclic) bond motifs is 1. The van der Waals surface area contributed by atoms with E-state index in [-0.39, 0.29) is 23.5 Å². The van der Waals surface area contributed by atoms with E-state index in [1.54, 1.807) is 33.3 Å². The van der Waals surface area contributed by atoms with E-state index in [1.165, 1.54) is 26.0 Å². The minimum Gasteiger partial charge on any atom is -0.359 e. The summed E-state index contributed by atoms with van der Waals surface area (Å²) < 4.78 is 15.8. The smallest absolute Gasteiger partial charge is 0.255 e. The number of halogens is 1. The van der Waals surface area contributed by atoms with Gasteiger partial charge in [-0.2, -0.15) is 0 Å². The third-order valence-corrected chi connectivity index (χ3v) is 8.30. The Hall–Kier alpha value is -4.19. The van der Waals surface area contributed by atoms with Crippen molar-refractivity contribution in [3.63, 3.8) is 0 Å². The molecule has 1 aromatic carbocycles. The highest BCUT2D eigenvalue weighted by Crippen LogP contribution is 2.33. The van der Waals surface area contributed by atoms with Gasteiger partial charge >= 0.3 is 0 Å². The van der Waals surface area contributed by atoms with Crippen LogP contribution in [0.5, 0.6) is 0 Å². The molecule has 1 aliphatic heterocycles. The molecule has 4 aromatic rings. The van der Waals surface area contributed by atoms with Gasteiger partial charge in [0.15, 0.2) is 10.9 Å². The molecule has 2 amide bonds. The minimum atomic E-state index is -0.530. The maximum atomic E-state index is 14.8. The van der Waals surface area contributed by atoms with Gasteiger partial charge in [0.2, 0.25) is 11.9 Å². The fourth-order valence-electron chi connectivity index (χ4n) is 5.12. The van der Waals surface area contributed by atoms with E-state index in [9.17, 15) is 14.0 Å². The molecule has 1 saturated carbocycles. The molecule has 0 bridgehead atoms. The van der Waals surface area contributed by atoms with Crippen LogP contribution in [0.2, 0.25) is 0 Å². The molecule has 12 heteroatoms. The van der Waals surface area contributed by atoms with Crippen LogP contribution in [0.15, 0.2) is 42.7 Å². The molecule has 2 aliphatic rings. The van der Waals surface area contributed by atoms with Crippen molar-refractivity contribution in [1.29, 1.82) is 0 Å². The minimum absolute atomic E-state index is 0.0143. The molecule has 10 nitrogen and oxygen atoms in total. The van der Waals surface area contributed by atoms with E-state index in [2.05, 4.69) is 30.6 Å². The van der Waals surface area contributed by atoms with Crippen LogP contribution in [0.1, 0.15) is 43.0 Å². The number of benzene rings is 1. The molecule has 3 aromatic heterocycles. The van der Waals surface area contributed by atoms with E-state index in [1.807, 2.05) is 18.2 Å². The largest absolute Gasteiger partial charge is 0.359 e. The Morgan fingerprint density at radius 3 is 2.48 bits per heavy atom. The van der Waals surface area contributed by atoms with E-state index >= 15 is 0 Å². The summed E-state index contributed by atoms with van der Waals surface area (Å²) in [5, 5.41) is 7.41. The summed E-state index contributed by atoms with van der Waals surface area (Å²) in [7, 11) is 0. The number of piperazine rings is 1. The first kappa shape index (κ1) is 26.1. The number of aromatic nitrogens is 4. The van der Waals surface area contributed by atoms with Crippen LogP contribution in [-0.2, 0) is 4.79 Å². The van der Waals surface area contributed by atoms with Gasteiger partial charge in [0.25, 0.3) is 5.91 Å². The van der Waals surface area contributed by atoms with Crippen molar-refractivity contribution < 1.29 is 14.0 Å². The number of thiazole rings is 1. The van der Waals surface area contributed by atoms with Crippen molar-refractivity contribution >= 4 is 50.3 Å². The maximum Gasteiger partial charge on any atom is 0.255 e. The Morgan fingerprint density at radius 2 is 1.75 bits per heavy atom. The molecule has 2 fully saturated rings. The second-order valence-electron chi connectivity index (χ2n) is 10.1. The number of anilines is 3. The van der Waals surface area contributed by atoms with Gasteiger partial charge in [-0.05, 0) is 37.1 Å². The fourth-order valence-corrected chi connectivity index (χ4v) is 6.11.